The molecule has 0 atom stereocenters. The van der Waals surface area contributed by atoms with Crippen molar-refractivity contribution in [1.29, 1.82) is 0 Å². The van der Waals surface area contributed by atoms with Gasteiger partial charge in [-0.1, -0.05) is 11.3 Å². The fraction of sp³-hybridized carbons (Fsp3) is 0.176. The molecule has 2 N–H and O–H groups in total. The second kappa shape index (κ2) is 6.60. The molecule has 1 aromatic heterocycles. The molecule has 0 spiro atoms. The molecule has 0 unspecified atom stereocenters. The average molecular weight is 373 g/mol. The van der Waals surface area contributed by atoms with Gasteiger partial charge in [-0.2, -0.15) is 0 Å². The number of fused-ring (bicyclic) bond motifs is 2. The van der Waals surface area contributed by atoms with Crippen LogP contribution in [-0.4, -0.2) is 32.0 Å². The summed E-state index contributed by atoms with van der Waals surface area (Å²) in [7, 11) is 3.15. The van der Waals surface area contributed by atoms with Gasteiger partial charge in [-0.3, -0.25) is 5.32 Å². The second-order valence-corrected chi connectivity index (χ2v) is 6.31. The maximum atomic E-state index is 12.3. The second-order valence-electron chi connectivity index (χ2n) is 5.31. The number of thiazole rings is 1. The number of aromatic nitrogens is 1. The number of rotatable bonds is 4. The Bertz CT molecular complexity index is 947. The number of ether oxygens (including phenoxy) is 4. The molecule has 8 nitrogen and oxygen atoms in total. The van der Waals surface area contributed by atoms with E-state index in [0.717, 1.165) is 4.70 Å². The van der Waals surface area contributed by atoms with Crippen LogP contribution < -0.4 is 29.6 Å². The van der Waals surface area contributed by atoms with Gasteiger partial charge in [0, 0.05) is 11.8 Å². The van der Waals surface area contributed by atoms with Crippen LogP contribution in [0, 0.1) is 0 Å². The third-order valence-corrected chi connectivity index (χ3v) is 4.75. The summed E-state index contributed by atoms with van der Waals surface area (Å²) < 4.78 is 22.0. The molecular formula is C17H15N3O5S. The lowest BCUT2D eigenvalue weighted by atomic mass is 10.3. The van der Waals surface area contributed by atoms with Crippen molar-refractivity contribution in [3.63, 3.8) is 0 Å². The zero-order valence-corrected chi connectivity index (χ0v) is 14.8. The molecule has 1 aliphatic rings. The van der Waals surface area contributed by atoms with Gasteiger partial charge >= 0.3 is 6.03 Å². The number of carbonyl (C=O) groups is 1. The highest BCUT2D eigenvalue weighted by molar-refractivity contribution is 7.22. The Labute approximate surface area is 152 Å². The zero-order valence-electron chi connectivity index (χ0n) is 14.0. The van der Waals surface area contributed by atoms with Gasteiger partial charge in [0.1, 0.15) is 21.7 Å². The van der Waals surface area contributed by atoms with E-state index in [-0.39, 0.29) is 6.79 Å². The highest BCUT2D eigenvalue weighted by Crippen LogP contribution is 2.39. The van der Waals surface area contributed by atoms with Crippen LogP contribution in [0.1, 0.15) is 0 Å². The molecule has 134 valence electrons. The first-order valence-electron chi connectivity index (χ1n) is 7.67. The topological polar surface area (TPSA) is 90.9 Å². The lowest BCUT2D eigenvalue weighted by Gasteiger charge is -2.06. The Hall–Kier alpha value is -3.20. The average Bonchev–Trinajstić information content (AvgIpc) is 3.26. The van der Waals surface area contributed by atoms with Crippen molar-refractivity contribution in [2.75, 3.05) is 31.6 Å². The quantitative estimate of drug-likeness (QED) is 0.725. The van der Waals surface area contributed by atoms with Crippen molar-refractivity contribution in [1.82, 2.24) is 4.98 Å². The van der Waals surface area contributed by atoms with Crippen LogP contribution in [0.5, 0.6) is 23.0 Å². The first kappa shape index (κ1) is 16.3. The minimum atomic E-state index is -0.416. The summed E-state index contributed by atoms with van der Waals surface area (Å²) in [4.78, 5) is 16.7. The van der Waals surface area contributed by atoms with E-state index in [1.165, 1.54) is 11.3 Å². The predicted octanol–water partition coefficient (Wildman–Crippen LogP) is 3.69. The van der Waals surface area contributed by atoms with Gasteiger partial charge in [-0.15, -0.1) is 0 Å². The third-order valence-electron chi connectivity index (χ3n) is 3.76. The minimum Gasteiger partial charge on any atom is -0.495 e. The van der Waals surface area contributed by atoms with Crippen molar-refractivity contribution >= 4 is 38.4 Å². The van der Waals surface area contributed by atoms with Crippen molar-refractivity contribution in [3.8, 4) is 23.0 Å². The van der Waals surface area contributed by atoms with E-state index in [9.17, 15) is 4.79 Å². The van der Waals surface area contributed by atoms with Gasteiger partial charge in [0.2, 0.25) is 6.79 Å². The molecule has 2 heterocycles. The van der Waals surface area contributed by atoms with Crippen molar-refractivity contribution in [2.45, 2.75) is 0 Å². The van der Waals surface area contributed by atoms with E-state index >= 15 is 0 Å². The lowest BCUT2D eigenvalue weighted by molar-refractivity contribution is 0.174. The maximum Gasteiger partial charge on any atom is 0.325 e. The minimum absolute atomic E-state index is 0.181. The Kier molecular flexibility index (Phi) is 4.13. The van der Waals surface area contributed by atoms with Gasteiger partial charge in [0.25, 0.3) is 0 Å². The van der Waals surface area contributed by atoms with Crippen LogP contribution in [0.3, 0.4) is 0 Å². The third kappa shape index (κ3) is 2.93. The van der Waals surface area contributed by atoms with Crippen molar-refractivity contribution in [3.05, 3.63) is 30.3 Å². The molecule has 0 fully saturated rings. The highest BCUT2D eigenvalue weighted by Gasteiger charge is 2.17. The summed E-state index contributed by atoms with van der Waals surface area (Å²) in [6.07, 6.45) is 0. The first-order chi connectivity index (χ1) is 12.7. The molecule has 0 saturated heterocycles. The normalized spacial score (nSPS) is 12.1. The van der Waals surface area contributed by atoms with Gasteiger partial charge in [-0.05, 0) is 24.3 Å². The molecule has 0 saturated carbocycles. The van der Waals surface area contributed by atoms with E-state index < -0.39 is 6.03 Å². The highest BCUT2D eigenvalue weighted by atomic mass is 32.1. The monoisotopic (exact) mass is 373 g/mol. The summed E-state index contributed by atoms with van der Waals surface area (Å²) in [5, 5.41) is 5.90. The fourth-order valence-corrected chi connectivity index (χ4v) is 3.54. The van der Waals surface area contributed by atoms with E-state index in [1.807, 2.05) is 0 Å². The zero-order chi connectivity index (χ0) is 18.1. The predicted molar refractivity (Wildman–Crippen MR) is 97.9 cm³/mol. The van der Waals surface area contributed by atoms with E-state index in [2.05, 4.69) is 15.6 Å². The number of amides is 2. The van der Waals surface area contributed by atoms with Crippen LogP contribution in [0.4, 0.5) is 15.6 Å². The smallest absolute Gasteiger partial charge is 0.325 e. The number of anilines is 2. The summed E-state index contributed by atoms with van der Waals surface area (Å²) in [5.74, 6) is 2.53. The molecular weight excluding hydrogens is 358 g/mol. The largest absolute Gasteiger partial charge is 0.495 e. The Morgan fingerprint density at radius 1 is 1.08 bits per heavy atom. The Morgan fingerprint density at radius 2 is 1.85 bits per heavy atom. The molecule has 1 aliphatic heterocycles. The van der Waals surface area contributed by atoms with Crippen molar-refractivity contribution < 1.29 is 23.7 Å². The number of benzene rings is 2. The first-order valence-corrected chi connectivity index (χ1v) is 8.49. The van der Waals surface area contributed by atoms with Gasteiger partial charge in [0.15, 0.2) is 16.6 Å². The standard InChI is InChI=1S/C17H15N3O5S/c1-22-11-5-6-12(23-2)15-14(11)19-17(26-15)20-16(21)18-9-3-4-10-13(7-9)25-8-24-10/h3-7H,8H2,1-2H3,(H2,18,19,20,21). The van der Waals surface area contributed by atoms with Crippen LogP contribution in [0.15, 0.2) is 30.3 Å². The molecule has 0 aliphatic carbocycles. The van der Waals surface area contributed by atoms with E-state index in [4.69, 9.17) is 18.9 Å². The summed E-state index contributed by atoms with van der Waals surface area (Å²) in [6.45, 7) is 0.181. The molecule has 0 radical (unpaired) electrons. The fourth-order valence-electron chi connectivity index (χ4n) is 2.57. The molecule has 9 heteroatoms. The van der Waals surface area contributed by atoms with Crippen LogP contribution in [0.25, 0.3) is 10.2 Å². The number of nitrogens with one attached hydrogen (secondary N) is 2. The van der Waals surface area contributed by atoms with Gasteiger partial charge < -0.3 is 24.3 Å². The van der Waals surface area contributed by atoms with Gasteiger partial charge in [-0.25, -0.2) is 9.78 Å². The van der Waals surface area contributed by atoms with E-state index in [1.54, 1.807) is 44.6 Å². The summed E-state index contributed by atoms with van der Waals surface area (Å²) in [5.41, 5.74) is 1.22. The summed E-state index contributed by atoms with van der Waals surface area (Å²) >= 11 is 1.30. The molecule has 0 bridgehead atoms. The summed E-state index contributed by atoms with van der Waals surface area (Å²) in [6, 6.07) is 8.34. The van der Waals surface area contributed by atoms with Crippen LogP contribution >= 0.6 is 11.3 Å². The maximum absolute atomic E-state index is 12.3. The number of hydrogen-bond acceptors (Lipinski definition) is 7. The Balaban J connectivity index is 1.54. The number of nitrogens with zero attached hydrogens (tertiary/aromatic N) is 1. The molecule has 2 amide bonds. The van der Waals surface area contributed by atoms with Crippen LogP contribution in [0.2, 0.25) is 0 Å². The number of carbonyl (C=O) groups excluding carboxylic acids is 1. The van der Waals surface area contributed by atoms with Crippen LogP contribution in [-0.2, 0) is 0 Å². The van der Waals surface area contributed by atoms with Crippen molar-refractivity contribution in [2.24, 2.45) is 0 Å². The Morgan fingerprint density at radius 3 is 2.65 bits per heavy atom. The lowest BCUT2D eigenvalue weighted by Crippen LogP contribution is -2.19. The SMILES string of the molecule is COc1ccc(OC)c2sc(NC(=O)Nc3ccc4c(c3)OCO4)nc12. The van der Waals surface area contributed by atoms with Gasteiger partial charge in [0.05, 0.1) is 14.2 Å². The molecule has 26 heavy (non-hydrogen) atoms. The molecule has 2 aromatic carbocycles. The number of urea groups is 1. The number of methoxy groups -OCH3 is 2. The van der Waals surface area contributed by atoms with E-state index in [0.29, 0.717) is 39.3 Å². The number of hydrogen-bond donors (Lipinski definition) is 2. The molecule has 3 aromatic rings. The molecule has 4 rings (SSSR count).